The molecule has 3 aliphatic rings. The summed E-state index contributed by atoms with van der Waals surface area (Å²) >= 11 is 0. The van der Waals surface area contributed by atoms with Gasteiger partial charge in [0.2, 0.25) is 5.95 Å². The number of aromatic nitrogens is 5. The van der Waals surface area contributed by atoms with E-state index in [1.54, 1.807) is 31.5 Å². The van der Waals surface area contributed by atoms with E-state index in [9.17, 15) is 27.9 Å². The van der Waals surface area contributed by atoms with Crippen molar-refractivity contribution in [2.45, 2.75) is 70.0 Å². The largest absolute Gasteiger partial charge is 0.481 e. The second-order valence-electron chi connectivity index (χ2n) is 14.7. The quantitative estimate of drug-likeness (QED) is 0.148. The number of carbonyl (C=O) groups excluding carboxylic acids is 1. The van der Waals surface area contributed by atoms with Gasteiger partial charge in [0, 0.05) is 63.1 Å². The molecule has 0 aromatic carbocycles. The van der Waals surface area contributed by atoms with Crippen LogP contribution in [0.25, 0.3) is 22.4 Å². The number of anilines is 2. The molecule has 3 N–H and O–H groups in total. The number of likely N-dealkylation sites (tertiary alicyclic amines) is 1. The van der Waals surface area contributed by atoms with E-state index in [4.69, 9.17) is 4.74 Å². The summed E-state index contributed by atoms with van der Waals surface area (Å²) in [6.07, 6.45) is 5.50. The van der Waals surface area contributed by atoms with Crippen LogP contribution in [0.2, 0.25) is 0 Å². The lowest BCUT2D eigenvalue weighted by Gasteiger charge is -2.34. The summed E-state index contributed by atoms with van der Waals surface area (Å²) in [5.74, 6) is -1.76. The highest BCUT2D eigenvalue weighted by molar-refractivity contribution is 6.03. The van der Waals surface area contributed by atoms with E-state index in [-0.39, 0.29) is 45.6 Å². The van der Waals surface area contributed by atoms with Crippen molar-refractivity contribution in [1.29, 1.82) is 0 Å². The number of methoxy groups -OCH3 is 1. The van der Waals surface area contributed by atoms with Gasteiger partial charge in [-0.05, 0) is 68.8 Å². The van der Waals surface area contributed by atoms with E-state index in [1.807, 2.05) is 7.05 Å². The summed E-state index contributed by atoms with van der Waals surface area (Å²) in [6, 6.07) is 6.27. The lowest BCUT2D eigenvalue weighted by Crippen LogP contribution is -2.38. The Morgan fingerprint density at radius 1 is 1.10 bits per heavy atom. The molecule has 4 aromatic rings. The Bertz CT molecular complexity index is 1940. The Balaban J connectivity index is 1.17. The van der Waals surface area contributed by atoms with Gasteiger partial charge >= 0.3 is 12.1 Å². The molecule has 1 amide bonds. The van der Waals surface area contributed by atoms with Gasteiger partial charge in [-0.2, -0.15) is 18.2 Å². The monoisotopic (exact) mass is 720 g/mol. The smallest absolute Gasteiger partial charge is 0.418 e. The maximum atomic E-state index is 14.2. The van der Waals surface area contributed by atoms with E-state index in [1.165, 1.54) is 6.20 Å². The zero-order chi connectivity index (χ0) is 36.6. The highest BCUT2D eigenvalue weighted by Gasteiger charge is 2.40. The van der Waals surface area contributed by atoms with Gasteiger partial charge in [0.15, 0.2) is 5.65 Å². The molecular formula is C37H43F3N8O4. The fourth-order valence-corrected chi connectivity index (χ4v) is 7.85. The third kappa shape index (κ3) is 7.75. The van der Waals surface area contributed by atoms with Crippen molar-refractivity contribution in [3.8, 4) is 11.3 Å². The molecule has 7 rings (SSSR count). The molecule has 1 aliphatic heterocycles. The van der Waals surface area contributed by atoms with Crippen LogP contribution in [0.1, 0.15) is 84.6 Å². The summed E-state index contributed by atoms with van der Waals surface area (Å²) in [6.45, 7) is 3.01. The van der Waals surface area contributed by atoms with Gasteiger partial charge in [0.1, 0.15) is 11.2 Å². The number of pyridine rings is 3. The van der Waals surface area contributed by atoms with Gasteiger partial charge in [0.25, 0.3) is 5.91 Å². The third-order valence-electron chi connectivity index (χ3n) is 10.6. The maximum Gasteiger partial charge on any atom is 0.418 e. The molecule has 276 valence electrons. The van der Waals surface area contributed by atoms with Crippen LogP contribution >= 0.6 is 0 Å². The predicted octanol–water partition coefficient (Wildman–Crippen LogP) is 6.50. The minimum Gasteiger partial charge on any atom is -0.481 e. The molecule has 52 heavy (non-hydrogen) atoms. The number of piperidine rings is 1. The van der Waals surface area contributed by atoms with Crippen LogP contribution in [0.3, 0.4) is 0 Å². The average molecular weight is 721 g/mol. The Labute approximate surface area is 299 Å². The normalized spacial score (nSPS) is 19.2. The Morgan fingerprint density at radius 3 is 2.56 bits per heavy atom. The fourth-order valence-electron chi connectivity index (χ4n) is 7.85. The van der Waals surface area contributed by atoms with Gasteiger partial charge in [-0.1, -0.05) is 18.9 Å². The molecule has 2 saturated carbocycles. The number of aromatic amines is 1. The van der Waals surface area contributed by atoms with Crippen molar-refractivity contribution in [3.05, 3.63) is 59.2 Å². The Morgan fingerprint density at radius 2 is 1.88 bits per heavy atom. The van der Waals surface area contributed by atoms with Crippen LogP contribution in [-0.4, -0.2) is 87.2 Å². The van der Waals surface area contributed by atoms with E-state index in [2.05, 4.69) is 40.0 Å². The first-order valence-corrected chi connectivity index (χ1v) is 17.8. The number of H-pyrrole nitrogens is 1. The Hall–Kier alpha value is -4.63. The number of carboxylic acids is 1. The number of ether oxygens (including phenoxy) is 1. The second-order valence-corrected chi connectivity index (χ2v) is 14.7. The van der Waals surface area contributed by atoms with E-state index in [0.717, 1.165) is 50.3 Å². The molecule has 2 aliphatic carbocycles. The first-order chi connectivity index (χ1) is 24.9. The standard InChI is InChI=1S/C37H43F3N8O4/c1-47(20-36(21-52-2)11-3-4-12-36)29-15-28(25-14-26(37(38,39)40)30(42-17-25)23-8-9-23)43-32-31(29)44-35(45-32)46-33(49)27-10-7-22(16-41-27)18-48-13-5-6-24(19-48)34(50)51/h7,10,14-17,23-24H,3-6,8-9,11-13,18-21H2,1-2H3,(H,50,51)(H2,43,44,45,46,49). The number of amides is 1. The number of halogens is 3. The maximum absolute atomic E-state index is 14.2. The van der Waals surface area contributed by atoms with Gasteiger partial charge < -0.3 is 19.7 Å². The molecule has 12 nitrogen and oxygen atoms in total. The molecule has 3 fully saturated rings. The summed E-state index contributed by atoms with van der Waals surface area (Å²) in [5.41, 5.74) is 2.18. The highest BCUT2D eigenvalue weighted by atomic mass is 19.4. The van der Waals surface area contributed by atoms with Crippen molar-refractivity contribution < 1.29 is 32.6 Å². The second kappa shape index (κ2) is 14.4. The summed E-state index contributed by atoms with van der Waals surface area (Å²) < 4.78 is 48.2. The zero-order valence-corrected chi connectivity index (χ0v) is 29.3. The number of carboxylic acid groups (broad SMARTS) is 1. The first kappa shape index (κ1) is 35.8. The molecule has 1 unspecified atom stereocenters. The van der Waals surface area contributed by atoms with Crippen LogP contribution in [0.5, 0.6) is 0 Å². The van der Waals surface area contributed by atoms with E-state index >= 15 is 0 Å². The number of imidazole rings is 1. The summed E-state index contributed by atoms with van der Waals surface area (Å²) in [5, 5.41) is 12.2. The Kier molecular flexibility index (Phi) is 9.91. The molecular weight excluding hydrogens is 677 g/mol. The van der Waals surface area contributed by atoms with Crippen molar-refractivity contribution in [3.63, 3.8) is 0 Å². The minimum atomic E-state index is -4.56. The van der Waals surface area contributed by atoms with Gasteiger partial charge in [0.05, 0.1) is 35.2 Å². The topological polar surface area (TPSA) is 149 Å². The SMILES string of the molecule is COCC1(CN(C)c2cc(-c3cnc(C4CC4)c(C(F)(F)F)c3)nc3nc(NC(=O)c4ccc(CN5CCCC(C(=O)O)C5)cn4)[nH]c23)CCCC1. The van der Waals surface area contributed by atoms with Gasteiger partial charge in [-0.15, -0.1) is 0 Å². The summed E-state index contributed by atoms with van der Waals surface area (Å²) in [4.78, 5) is 49.9. The lowest BCUT2D eigenvalue weighted by molar-refractivity contribution is -0.143. The fraction of sp³-hybridized carbons (Fsp3) is 0.514. The molecule has 15 heteroatoms. The number of hydrogen-bond donors (Lipinski definition) is 3. The average Bonchev–Trinajstić information content (AvgIpc) is 3.73. The molecule has 1 atom stereocenters. The van der Waals surface area contributed by atoms with Crippen molar-refractivity contribution in [2.24, 2.45) is 11.3 Å². The molecule has 1 saturated heterocycles. The van der Waals surface area contributed by atoms with Crippen LogP contribution in [-0.2, 0) is 22.3 Å². The zero-order valence-electron chi connectivity index (χ0n) is 29.3. The van der Waals surface area contributed by atoms with E-state index < -0.39 is 29.5 Å². The van der Waals surface area contributed by atoms with Crippen LogP contribution in [0.4, 0.5) is 24.8 Å². The van der Waals surface area contributed by atoms with Crippen LogP contribution in [0, 0.1) is 11.3 Å². The number of rotatable bonds is 12. The number of nitrogens with one attached hydrogen (secondary N) is 2. The molecule has 4 aromatic heterocycles. The lowest BCUT2D eigenvalue weighted by atomic mass is 9.86. The van der Waals surface area contributed by atoms with Crippen LogP contribution in [0.15, 0.2) is 36.7 Å². The highest BCUT2D eigenvalue weighted by Crippen LogP contribution is 2.46. The molecule has 0 spiro atoms. The number of aliphatic carboxylic acids is 1. The first-order valence-electron chi connectivity index (χ1n) is 17.8. The van der Waals surface area contributed by atoms with Gasteiger partial charge in [-0.25, -0.2) is 4.98 Å². The minimum absolute atomic E-state index is 0.0714. The van der Waals surface area contributed by atoms with Crippen LogP contribution < -0.4 is 10.2 Å². The number of carbonyl (C=O) groups is 2. The number of alkyl halides is 3. The van der Waals surface area contributed by atoms with Crippen molar-refractivity contribution in [2.75, 3.05) is 50.6 Å². The summed E-state index contributed by atoms with van der Waals surface area (Å²) in [7, 11) is 3.62. The van der Waals surface area contributed by atoms with Gasteiger partial charge in [-0.3, -0.25) is 29.8 Å². The molecule has 5 heterocycles. The molecule has 0 bridgehead atoms. The van der Waals surface area contributed by atoms with E-state index in [0.29, 0.717) is 56.7 Å². The third-order valence-corrected chi connectivity index (χ3v) is 10.6. The van der Waals surface area contributed by atoms with Crippen molar-refractivity contribution >= 4 is 34.7 Å². The predicted molar refractivity (Wildman–Crippen MR) is 188 cm³/mol. The number of hydrogen-bond acceptors (Lipinski definition) is 9. The number of fused-ring (bicyclic) bond motifs is 1. The number of nitrogens with zero attached hydrogens (tertiary/aromatic N) is 6. The molecule has 0 radical (unpaired) electrons. The van der Waals surface area contributed by atoms with Crippen molar-refractivity contribution in [1.82, 2.24) is 29.8 Å².